The molecule has 9 rings (SSSR count). The third-order valence-corrected chi connectivity index (χ3v) is 8.40. The van der Waals surface area contributed by atoms with Crippen LogP contribution in [0.1, 0.15) is 44.8 Å². The van der Waals surface area contributed by atoms with Crippen LogP contribution in [0, 0.1) is 0 Å². The van der Waals surface area contributed by atoms with E-state index in [1.54, 1.807) is 0 Å². The SMILES string of the molecule is c1ccc2c(c1)Cc1c-2ccc2c1-c1cc3c(cc1C2)N1c2cccnc2Cc2nccc(c21)C3. The molecule has 2 aliphatic carbocycles. The summed E-state index contributed by atoms with van der Waals surface area (Å²) in [5, 5.41) is 0. The average Bonchev–Trinajstić information content (AvgIpc) is 3.45. The zero-order chi connectivity index (χ0) is 22.7. The van der Waals surface area contributed by atoms with Crippen LogP contribution in [0.25, 0.3) is 22.3 Å². The van der Waals surface area contributed by atoms with Gasteiger partial charge in [-0.3, -0.25) is 9.97 Å². The van der Waals surface area contributed by atoms with E-state index in [1.165, 1.54) is 72.7 Å². The van der Waals surface area contributed by atoms with Crippen LogP contribution >= 0.6 is 0 Å². The Balaban J connectivity index is 1.27. The lowest BCUT2D eigenvalue weighted by molar-refractivity contribution is 0.926. The van der Waals surface area contributed by atoms with Crippen molar-refractivity contribution >= 4 is 17.1 Å². The largest absolute Gasteiger partial charge is 0.306 e. The highest BCUT2D eigenvalue weighted by molar-refractivity contribution is 5.94. The lowest BCUT2D eigenvalue weighted by atomic mass is 9.88. The van der Waals surface area contributed by atoms with E-state index < -0.39 is 0 Å². The summed E-state index contributed by atoms with van der Waals surface area (Å²) in [5.41, 5.74) is 20.4. The molecule has 3 aromatic carbocycles. The molecule has 0 N–H and O–H groups in total. The summed E-state index contributed by atoms with van der Waals surface area (Å²) >= 11 is 0. The van der Waals surface area contributed by atoms with Gasteiger partial charge in [-0.1, -0.05) is 36.4 Å². The number of hydrogen-bond donors (Lipinski definition) is 0. The maximum absolute atomic E-state index is 4.77. The summed E-state index contributed by atoms with van der Waals surface area (Å²) in [4.78, 5) is 11.9. The second-order valence-corrected chi connectivity index (χ2v) is 10.2. The molecule has 2 aliphatic heterocycles. The van der Waals surface area contributed by atoms with E-state index in [2.05, 4.69) is 71.6 Å². The number of benzene rings is 3. The Hall–Kier alpha value is -4.24. The van der Waals surface area contributed by atoms with Gasteiger partial charge in [0.15, 0.2) is 0 Å². The molecule has 0 saturated carbocycles. The van der Waals surface area contributed by atoms with Crippen LogP contribution in [-0.4, -0.2) is 9.97 Å². The number of pyridine rings is 2. The first-order valence-corrected chi connectivity index (χ1v) is 12.4. The molecule has 0 radical (unpaired) electrons. The van der Waals surface area contributed by atoms with E-state index >= 15 is 0 Å². The minimum atomic E-state index is 0.800. The van der Waals surface area contributed by atoms with E-state index in [0.29, 0.717) is 0 Å². The van der Waals surface area contributed by atoms with Crippen LogP contribution in [0.15, 0.2) is 79.1 Å². The molecule has 0 atom stereocenters. The number of rotatable bonds is 0. The Kier molecular flexibility index (Phi) is 3.24. The maximum atomic E-state index is 4.77. The summed E-state index contributed by atoms with van der Waals surface area (Å²) in [6.07, 6.45) is 7.66. The first kappa shape index (κ1) is 18.1. The van der Waals surface area contributed by atoms with Gasteiger partial charge < -0.3 is 4.90 Å². The van der Waals surface area contributed by atoms with Gasteiger partial charge in [0.1, 0.15) is 0 Å². The Labute approximate surface area is 203 Å². The average molecular weight is 448 g/mol. The van der Waals surface area contributed by atoms with Crippen molar-refractivity contribution in [2.45, 2.75) is 25.7 Å². The van der Waals surface area contributed by atoms with Gasteiger partial charge in [0, 0.05) is 25.2 Å². The molecular formula is C32H21N3. The molecule has 0 saturated heterocycles. The standard InChI is InChI=1S/C32H21N3/c1-2-5-23-18(4-1)14-26-24(23)8-7-19-12-21-16-30-22(15-25(21)31(19)26)13-20-9-11-34-28-17-27-29(6-3-10-33-27)35(30)32(20)28/h1-11,15-16H,12-14,17H2. The first-order chi connectivity index (χ1) is 17.3. The van der Waals surface area contributed by atoms with Crippen molar-refractivity contribution in [3.63, 3.8) is 0 Å². The predicted octanol–water partition coefficient (Wildman–Crippen LogP) is 6.90. The fraction of sp³-hybridized carbons (Fsp3) is 0.125. The molecule has 4 aliphatic rings. The minimum absolute atomic E-state index is 0.800. The van der Waals surface area contributed by atoms with E-state index in [1.807, 2.05) is 12.4 Å². The molecule has 2 aromatic heterocycles. The summed E-state index contributed by atoms with van der Waals surface area (Å²) in [7, 11) is 0. The van der Waals surface area contributed by atoms with Crippen molar-refractivity contribution in [3.8, 4) is 22.3 Å². The molecule has 3 nitrogen and oxygen atoms in total. The van der Waals surface area contributed by atoms with Gasteiger partial charge in [-0.2, -0.15) is 0 Å². The van der Waals surface area contributed by atoms with Crippen LogP contribution in [0.3, 0.4) is 0 Å². The number of anilines is 3. The highest BCUT2D eigenvalue weighted by Gasteiger charge is 2.35. The molecule has 0 fully saturated rings. The van der Waals surface area contributed by atoms with E-state index in [9.17, 15) is 0 Å². The highest BCUT2D eigenvalue weighted by Crippen LogP contribution is 2.53. The lowest BCUT2D eigenvalue weighted by Gasteiger charge is -2.38. The molecule has 0 spiro atoms. The van der Waals surface area contributed by atoms with Crippen molar-refractivity contribution in [3.05, 3.63) is 124 Å². The number of aromatic nitrogens is 2. The molecule has 0 bridgehead atoms. The van der Waals surface area contributed by atoms with Gasteiger partial charge in [0.05, 0.1) is 28.5 Å². The zero-order valence-corrected chi connectivity index (χ0v) is 19.2. The lowest BCUT2D eigenvalue weighted by Crippen LogP contribution is -2.26. The third-order valence-electron chi connectivity index (χ3n) is 8.40. The van der Waals surface area contributed by atoms with Crippen molar-refractivity contribution in [2.24, 2.45) is 0 Å². The molecule has 0 amide bonds. The molecule has 5 aromatic rings. The summed E-state index contributed by atoms with van der Waals surface area (Å²) < 4.78 is 0. The monoisotopic (exact) mass is 447 g/mol. The Bertz CT molecular complexity index is 1760. The Morgan fingerprint density at radius 3 is 2.46 bits per heavy atom. The molecular weight excluding hydrogens is 426 g/mol. The van der Waals surface area contributed by atoms with E-state index in [4.69, 9.17) is 9.97 Å². The van der Waals surface area contributed by atoms with E-state index in [-0.39, 0.29) is 0 Å². The van der Waals surface area contributed by atoms with Gasteiger partial charge in [-0.15, -0.1) is 0 Å². The minimum Gasteiger partial charge on any atom is -0.306 e. The zero-order valence-electron chi connectivity index (χ0n) is 19.2. The van der Waals surface area contributed by atoms with Crippen molar-refractivity contribution in [2.75, 3.05) is 4.90 Å². The van der Waals surface area contributed by atoms with Gasteiger partial charge in [-0.25, -0.2) is 0 Å². The number of fused-ring (bicyclic) bond motifs is 11. The molecule has 35 heavy (non-hydrogen) atoms. The predicted molar refractivity (Wildman–Crippen MR) is 139 cm³/mol. The molecule has 3 heteroatoms. The second-order valence-electron chi connectivity index (χ2n) is 10.2. The van der Waals surface area contributed by atoms with Crippen LogP contribution in [0.2, 0.25) is 0 Å². The highest BCUT2D eigenvalue weighted by atomic mass is 15.2. The summed E-state index contributed by atoms with van der Waals surface area (Å²) in [6, 6.07) is 25.0. The quantitative estimate of drug-likeness (QED) is 0.253. The smallest absolute Gasteiger partial charge is 0.0717 e. The fourth-order valence-corrected chi connectivity index (χ4v) is 6.94. The third kappa shape index (κ3) is 2.26. The fourth-order valence-electron chi connectivity index (χ4n) is 6.94. The maximum Gasteiger partial charge on any atom is 0.0717 e. The van der Waals surface area contributed by atoms with Gasteiger partial charge >= 0.3 is 0 Å². The van der Waals surface area contributed by atoms with E-state index in [0.717, 1.165) is 37.1 Å². The second kappa shape index (κ2) is 6.25. The Morgan fingerprint density at radius 2 is 1.46 bits per heavy atom. The van der Waals surface area contributed by atoms with Gasteiger partial charge in [0.25, 0.3) is 0 Å². The molecule has 4 heterocycles. The Morgan fingerprint density at radius 1 is 0.543 bits per heavy atom. The van der Waals surface area contributed by atoms with Crippen molar-refractivity contribution in [1.29, 1.82) is 0 Å². The summed E-state index contributed by atoms with van der Waals surface area (Å²) in [6.45, 7) is 0. The summed E-state index contributed by atoms with van der Waals surface area (Å²) in [5.74, 6) is 0. The van der Waals surface area contributed by atoms with Gasteiger partial charge in [-0.05, 0) is 98.8 Å². The first-order valence-electron chi connectivity index (χ1n) is 12.4. The van der Waals surface area contributed by atoms with Crippen LogP contribution < -0.4 is 4.90 Å². The van der Waals surface area contributed by atoms with Gasteiger partial charge in [0.2, 0.25) is 0 Å². The van der Waals surface area contributed by atoms with Crippen LogP contribution in [-0.2, 0) is 25.7 Å². The van der Waals surface area contributed by atoms with Crippen molar-refractivity contribution in [1.82, 2.24) is 9.97 Å². The molecule has 0 unspecified atom stereocenters. The number of hydrogen-bond acceptors (Lipinski definition) is 3. The topological polar surface area (TPSA) is 29.0 Å². The molecule has 164 valence electrons. The van der Waals surface area contributed by atoms with Crippen LogP contribution in [0.5, 0.6) is 0 Å². The van der Waals surface area contributed by atoms with Crippen molar-refractivity contribution < 1.29 is 0 Å². The van der Waals surface area contributed by atoms with Crippen LogP contribution in [0.4, 0.5) is 17.1 Å². The normalized spacial score (nSPS) is 14.9. The number of nitrogens with zero attached hydrogens (tertiary/aromatic N) is 3.